The largest absolute Gasteiger partial charge is 0.381 e. The summed E-state index contributed by atoms with van der Waals surface area (Å²) >= 11 is 0. The molecule has 0 radical (unpaired) electrons. The molecule has 0 bridgehead atoms. The maximum absolute atomic E-state index is 5.61. The Morgan fingerprint density at radius 1 is 1.33 bits per heavy atom. The van der Waals surface area contributed by atoms with Gasteiger partial charge in [0.25, 0.3) is 0 Å². The molecule has 1 fully saturated rings. The fraction of sp³-hybridized carbons (Fsp3) is 0.714. The molecule has 0 amide bonds. The summed E-state index contributed by atoms with van der Waals surface area (Å²) in [5.41, 5.74) is 2.50. The van der Waals surface area contributed by atoms with Crippen molar-refractivity contribution < 1.29 is 4.74 Å². The molecule has 2 rings (SSSR count). The smallest absolute Gasteiger partial charge is 0.132 e. The average Bonchev–Trinajstić information content (AvgIpc) is 2.32. The summed E-state index contributed by atoms with van der Waals surface area (Å²) < 4.78 is 5.61. The zero-order valence-corrected chi connectivity index (χ0v) is 11.6. The number of hydrogen-bond acceptors (Lipinski definition) is 4. The predicted molar refractivity (Wildman–Crippen MR) is 72.8 cm³/mol. The Labute approximate surface area is 109 Å². The number of anilines is 1. The van der Waals surface area contributed by atoms with Gasteiger partial charge in [0.05, 0.1) is 6.61 Å². The highest BCUT2D eigenvalue weighted by Crippen LogP contribution is 2.41. The van der Waals surface area contributed by atoms with E-state index in [1.807, 2.05) is 6.92 Å². The third-order valence-corrected chi connectivity index (χ3v) is 3.99. The molecule has 0 aliphatic heterocycles. The van der Waals surface area contributed by atoms with E-state index in [9.17, 15) is 0 Å². The SMILES string of the molecule is CCOCC1(CNc2ncnc(C)c2C)CCC1. The van der Waals surface area contributed by atoms with Gasteiger partial charge in [-0.1, -0.05) is 6.42 Å². The minimum atomic E-state index is 0.321. The fourth-order valence-corrected chi connectivity index (χ4v) is 2.36. The molecule has 0 aromatic carbocycles. The Morgan fingerprint density at radius 2 is 2.11 bits per heavy atom. The third kappa shape index (κ3) is 2.80. The van der Waals surface area contributed by atoms with E-state index in [4.69, 9.17) is 4.74 Å². The van der Waals surface area contributed by atoms with Crippen molar-refractivity contribution in [2.75, 3.05) is 25.1 Å². The predicted octanol–water partition coefficient (Wildman–Crippen LogP) is 2.71. The van der Waals surface area contributed by atoms with Crippen molar-refractivity contribution in [3.8, 4) is 0 Å². The van der Waals surface area contributed by atoms with E-state index in [-0.39, 0.29) is 0 Å². The first-order chi connectivity index (χ1) is 8.67. The van der Waals surface area contributed by atoms with Gasteiger partial charge >= 0.3 is 0 Å². The minimum absolute atomic E-state index is 0.321. The maximum Gasteiger partial charge on any atom is 0.132 e. The molecule has 1 saturated carbocycles. The van der Waals surface area contributed by atoms with Gasteiger partial charge in [-0.15, -0.1) is 0 Å². The van der Waals surface area contributed by atoms with Gasteiger partial charge in [-0.3, -0.25) is 0 Å². The van der Waals surface area contributed by atoms with E-state index in [0.29, 0.717) is 5.41 Å². The molecular weight excluding hydrogens is 226 g/mol. The first kappa shape index (κ1) is 13.3. The highest BCUT2D eigenvalue weighted by atomic mass is 16.5. The highest BCUT2D eigenvalue weighted by Gasteiger charge is 2.37. The molecule has 18 heavy (non-hydrogen) atoms. The van der Waals surface area contributed by atoms with Gasteiger partial charge in [0, 0.05) is 29.8 Å². The average molecular weight is 249 g/mol. The van der Waals surface area contributed by atoms with Crippen LogP contribution in [0.25, 0.3) is 0 Å². The van der Waals surface area contributed by atoms with Crippen molar-refractivity contribution in [1.82, 2.24) is 9.97 Å². The lowest BCUT2D eigenvalue weighted by atomic mass is 9.69. The maximum atomic E-state index is 5.61. The second-order valence-corrected chi connectivity index (χ2v) is 5.28. The van der Waals surface area contributed by atoms with Crippen LogP contribution in [0, 0.1) is 19.3 Å². The van der Waals surface area contributed by atoms with Crippen molar-refractivity contribution >= 4 is 5.82 Å². The molecule has 0 unspecified atom stereocenters. The Morgan fingerprint density at radius 3 is 2.72 bits per heavy atom. The first-order valence-corrected chi connectivity index (χ1v) is 6.77. The number of ether oxygens (including phenoxy) is 1. The normalized spacial score (nSPS) is 17.3. The van der Waals surface area contributed by atoms with Crippen LogP contribution in [0.3, 0.4) is 0 Å². The molecule has 1 aliphatic rings. The Balaban J connectivity index is 1.95. The summed E-state index contributed by atoms with van der Waals surface area (Å²) in [6.07, 6.45) is 5.45. The molecule has 100 valence electrons. The van der Waals surface area contributed by atoms with Crippen molar-refractivity contribution in [2.24, 2.45) is 5.41 Å². The Bertz CT molecular complexity index is 402. The molecule has 1 aromatic rings. The number of nitrogens with zero attached hydrogens (tertiary/aromatic N) is 2. The molecule has 1 N–H and O–H groups in total. The lowest BCUT2D eigenvalue weighted by Gasteiger charge is -2.41. The van der Waals surface area contributed by atoms with Gasteiger partial charge in [-0.05, 0) is 33.6 Å². The molecule has 0 saturated heterocycles. The summed E-state index contributed by atoms with van der Waals surface area (Å²) in [6.45, 7) is 8.74. The van der Waals surface area contributed by atoms with Crippen LogP contribution in [0.4, 0.5) is 5.82 Å². The van der Waals surface area contributed by atoms with E-state index in [2.05, 4.69) is 29.1 Å². The van der Waals surface area contributed by atoms with E-state index in [0.717, 1.165) is 36.8 Å². The quantitative estimate of drug-likeness (QED) is 0.842. The van der Waals surface area contributed by atoms with Crippen LogP contribution in [0.15, 0.2) is 6.33 Å². The molecule has 0 spiro atoms. The summed E-state index contributed by atoms with van der Waals surface area (Å²) in [6, 6.07) is 0. The second kappa shape index (κ2) is 5.65. The lowest BCUT2D eigenvalue weighted by Crippen LogP contribution is -2.41. The summed E-state index contributed by atoms with van der Waals surface area (Å²) in [4.78, 5) is 8.51. The van der Waals surface area contributed by atoms with Gasteiger partial charge in [-0.2, -0.15) is 0 Å². The third-order valence-electron chi connectivity index (χ3n) is 3.99. The first-order valence-electron chi connectivity index (χ1n) is 6.77. The zero-order chi connectivity index (χ0) is 13.0. The van der Waals surface area contributed by atoms with Gasteiger partial charge in [0.15, 0.2) is 0 Å². The van der Waals surface area contributed by atoms with Crippen LogP contribution in [-0.2, 0) is 4.74 Å². The monoisotopic (exact) mass is 249 g/mol. The van der Waals surface area contributed by atoms with E-state index >= 15 is 0 Å². The number of aryl methyl sites for hydroxylation is 1. The Hall–Kier alpha value is -1.16. The molecule has 1 aliphatic carbocycles. The van der Waals surface area contributed by atoms with Gasteiger partial charge in [0.2, 0.25) is 0 Å². The van der Waals surface area contributed by atoms with Crippen LogP contribution < -0.4 is 5.32 Å². The van der Waals surface area contributed by atoms with Crippen molar-refractivity contribution in [3.05, 3.63) is 17.6 Å². The van der Waals surface area contributed by atoms with Crippen LogP contribution in [0.2, 0.25) is 0 Å². The second-order valence-electron chi connectivity index (χ2n) is 5.28. The van der Waals surface area contributed by atoms with Gasteiger partial charge in [-0.25, -0.2) is 9.97 Å². The van der Waals surface area contributed by atoms with E-state index in [1.165, 1.54) is 19.3 Å². The molecular formula is C14H23N3O. The summed E-state index contributed by atoms with van der Waals surface area (Å²) in [5, 5.41) is 3.47. The molecule has 4 nitrogen and oxygen atoms in total. The summed E-state index contributed by atoms with van der Waals surface area (Å²) in [7, 11) is 0. The van der Waals surface area contributed by atoms with E-state index in [1.54, 1.807) is 6.33 Å². The van der Waals surface area contributed by atoms with Crippen LogP contribution in [0.1, 0.15) is 37.4 Å². The highest BCUT2D eigenvalue weighted by molar-refractivity contribution is 5.44. The van der Waals surface area contributed by atoms with E-state index < -0.39 is 0 Å². The van der Waals surface area contributed by atoms with Gasteiger partial charge in [0.1, 0.15) is 12.1 Å². The fourth-order valence-electron chi connectivity index (χ4n) is 2.36. The molecule has 0 atom stereocenters. The standard InChI is InChI=1S/C14H23N3O/c1-4-18-9-14(6-5-7-14)8-15-13-11(2)12(3)16-10-17-13/h10H,4-9H2,1-3H3,(H,15,16,17). The topological polar surface area (TPSA) is 47.0 Å². The van der Waals surface area contributed by atoms with Crippen molar-refractivity contribution in [3.63, 3.8) is 0 Å². The number of aromatic nitrogens is 2. The number of rotatable bonds is 6. The summed E-state index contributed by atoms with van der Waals surface area (Å²) in [5.74, 6) is 0.963. The lowest BCUT2D eigenvalue weighted by molar-refractivity contribution is 0.00798. The minimum Gasteiger partial charge on any atom is -0.381 e. The molecule has 1 aromatic heterocycles. The molecule has 1 heterocycles. The zero-order valence-electron chi connectivity index (χ0n) is 11.6. The van der Waals surface area contributed by atoms with Crippen LogP contribution in [0.5, 0.6) is 0 Å². The number of nitrogens with one attached hydrogen (secondary N) is 1. The van der Waals surface area contributed by atoms with Crippen LogP contribution >= 0.6 is 0 Å². The Kier molecular flexibility index (Phi) is 4.17. The van der Waals surface area contributed by atoms with Crippen molar-refractivity contribution in [1.29, 1.82) is 0 Å². The van der Waals surface area contributed by atoms with Crippen molar-refractivity contribution in [2.45, 2.75) is 40.0 Å². The van der Waals surface area contributed by atoms with Gasteiger partial charge < -0.3 is 10.1 Å². The van der Waals surface area contributed by atoms with Crippen LogP contribution in [-0.4, -0.2) is 29.7 Å². The number of hydrogen-bond donors (Lipinski definition) is 1. The molecule has 4 heteroatoms.